The first kappa shape index (κ1) is 19.4. The number of hydrogen-bond acceptors (Lipinski definition) is 4. The molecule has 3 heterocycles. The number of aromatic amines is 1. The van der Waals surface area contributed by atoms with Gasteiger partial charge in [-0.2, -0.15) is 5.26 Å². The molecule has 0 bridgehead atoms. The number of rotatable bonds is 3. The fraction of sp³-hybridized carbons (Fsp3) is 0.348. The Hall–Kier alpha value is -2.91. The molecule has 1 saturated heterocycles. The molecular formula is C23H25N4OS+. The van der Waals surface area contributed by atoms with Crippen molar-refractivity contribution < 1.29 is 9.78 Å². The van der Waals surface area contributed by atoms with Crippen LogP contribution in [0.5, 0.6) is 0 Å². The van der Waals surface area contributed by atoms with Crippen LogP contribution < -0.4 is 9.88 Å². The fourth-order valence-electron chi connectivity index (χ4n) is 3.93. The Bertz CT molecular complexity index is 1080. The van der Waals surface area contributed by atoms with Crippen molar-refractivity contribution in [3.63, 3.8) is 0 Å². The number of hydrogen-bond donors (Lipinski definition) is 0. The van der Waals surface area contributed by atoms with Crippen molar-refractivity contribution in [1.82, 2.24) is 4.90 Å². The average Bonchev–Trinajstić information content (AvgIpc) is 3.11. The highest BCUT2D eigenvalue weighted by Crippen LogP contribution is 2.24. The van der Waals surface area contributed by atoms with Gasteiger partial charge < -0.3 is 4.90 Å². The third kappa shape index (κ3) is 3.96. The molecule has 3 aromatic rings. The number of aromatic nitrogens is 1. The highest BCUT2D eigenvalue weighted by atomic mass is 32.1. The smallest absolute Gasteiger partial charge is 0.293 e. The van der Waals surface area contributed by atoms with Gasteiger partial charge in [-0.1, -0.05) is 18.2 Å². The molecule has 1 N–H and O–H groups in total. The minimum Gasteiger partial charge on any atom is -0.338 e. The number of nitriles is 1. The van der Waals surface area contributed by atoms with E-state index >= 15 is 0 Å². The number of nitrogens with one attached hydrogen (secondary N) is 1. The van der Waals surface area contributed by atoms with Gasteiger partial charge in [0.25, 0.3) is 5.82 Å². The van der Waals surface area contributed by atoms with Gasteiger partial charge in [-0.05, 0) is 42.5 Å². The van der Waals surface area contributed by atoms with Gasteiger partial charge in [0.05, 0.1) is 19.5 Å². The highest BCUT2D eigenvalue weighted by molar-refractivity contribution is 7.10. The Labute approximate surface area is 175 Å². The van der Waals surface area contributed by atoms with Crippen molar-refractivity contribution in [3.05, 3.63) is 57.3 Å². The van der Waals surface area contributed by atoms with E-state index in [2.05, 4.69) is 41.9 Å². The zero-order valence-electron chi connectivity index (χ0n) is 16.9. The largest absolute Gasteiger partial charge is 0.338 e. The number of pyridine rings is 1. The Morgan fingerprint density at radius 2 is 2.07 bits per heavy atom. The Morgan fingerprint density at radius 3 is 2.83 bits per heavy atom. The molecule has 0 unspecified atom stereocenters. The van der Waals surface area contributed by atoms with Crippen LogP contribution in [0.3, 0.4) is 0 Å². The lowest BCUT2D eigenvalue weighted by molar-refractivity contribution is -0.331. The number of amides is 1. The van der Waals surface area contributed by atoms with E-state index in [1.807, 2.05) is 28.5 Å². The van der Waals surface area contributed by atoms with Crippen LogP contribution in [0.2, 0.25) is 0 Å². The van der Waals surface area contributed by atoms with Crippen molar-refractivity contribution in [2.75, 3.05) is 31.1 Å². The molecule has 29 heavy (non-hydrogen) atoms. The van der Waals surface area contributed by atoms with E-state index in [1.54, 1.807) is 11.3 Å². The summed E-state index contributed by atoms with van der Waals surface area (Å²) in [6.45, 7) is 7.19. The molecule has 2 aromatic heterocycles. The summed E-state index contributed by atoms with van der Waals surface area (Å²) in [4.78, 5) is 21.5. The van der Waals surface area contributed by atoms with E-state index in [0.717, 1.165) is 47.7 Å². The van der Waals surface area contributed by atoms with Gasteiger partial charge in [-0.3, -0.25) is 9.69 Å². The number of nitrogens with zero attached hydrogens (tertiary/aromatic N) is 3. The first-order valence-corrected chi connectivity index (χ1v) is 10.9. The Balaban J connectivity index is 1.57. The topological polar surface area (TPSA) is 61.5 Å². The lowest BCUT2D eigenvalue weighted by atomic mass is 10.0. The molecule has 148 valence electrons. The molecule has 0 radical (unpaired) electrons. The zero-order chi connectivity index (χ0) is 20.4. The highest BCUT2D eigenvalue weighted by Gasteiger charge is 2.27. The van der Waals surface area contributed by atoms with Gasteiger partial charge in [0, 0.05) is 23.2 Å². The summed E-state index contributed by atoms with van der Waals surface area (Å²) in [6.07, 6.45) is 1.36. The van der Waals surface area contributed by atoms with Crippen LogP contribution in [0.15, 0.2) is 35.7 Å². The molecule has 1 amide bonds. The van der Waals surface area contributed by atoms with Crippen LogP contribution in [0.1, 0.15) is 28.0 Å². The number of carbonyl (C=O) groups is 1. The second-order valence-corrected chi connectivity index (χ2v) is 8.62. The van der Waals surface area contributed by atoms with Crippen LogP contribution in [0, 0.1) is 25.2 Å². The second-order valence-electron chi connectivity index (χ2n) is 7.59. The third-order valence-corrected chi connectivity index (χ3v) is 6.63. The number of benzene rings is 1. The molecule has 6 heteroatoms. The van der Waals surface area contributed by atoms with E-state index in [4.69, 9.17) is 0 Å². The van der Waals surface area contributed by atoms with E-state index in [9.17, 15) is 10.1 Å². The van der Waals surface area contributed by atoms with Crippen molar-refractivity contribution in [2.24, 2.45) is 0 Å². The summed E-state index contributed by atoms with van der Waals surface area (Å²) in [5, 5.41) is 12.8. The summed E-state index contributed by atoms with van der Waals surface area (Å²) in [5.41, 5.74) is 4.16. The predicted molar refractivity (Wildman–Crippen MR) is 116 cm³/mol. The van der Waals surface area contributed by atoms with Gasteiger partial charge in [0.1, 0.15) is 23.7 Å². The van der Waals surface area contributed by atoms with E-state index in [1.165, 1.54) is 11.1 Å². The zero-order valence-corrected chi connectivity index (χ0v) is 17.7. The minimum absolute atomic E-state index is 0.184. The number of thiophene rings is 1. The SMILES string of the molecule is Cc1ccc2cc(C#N)c(N3CCCN(C(=O)Cc4cccs4)CC3)[nH+]c2c1C. The molecule has 0 saturated carbocycles. The molecule has 0 atom stereocenters. The van der Waals surface area contributed by atoms with Crippen molar-refractivity contribution in [1.29, 1.82) is 5.26 Å². The van der Waals surface area contributed by atoms with Gasteiger partial charge in [-0.15, -0.1) is 11.3 Å². The number of H-pyrrole nitrogens is 1. The monoisotopic (exact) mass is 405 g/mol. The summed E-state index contributed by atoms with van der Waals surface area (Å²) in [7, 11) is 0. The van der Waals surface area contributed by atoms with Crippen LogP contribution in [0.25, 0.3) is 10.9 Å². The number of anilines is 1. The molecule has 1 aliphatic heterocycles. The van der Waals surface area contributed by atoms with Crippen LogP contribution in [0.4, 0.5) is 5.82 Å². The van der Waals surface area contributed by atoms with E-state index in [0.29, 0.717) is 18.5 Å². The Morgan fingerprint density at radius 1 is 1.21 bits per heavy atom. The molecular weight excluding hydrogens is 380 g/mol. The van der Waals surface area contributed by atoms with Gasteiger partial charge in [0.15, 0.2) is 0 Å². The molecule has 0 aliphatic carbocycles. The van der Waals surface area contributed by atoms with Crippen LogP contribution in [-0.4, -0.2) is 37.0 Å². The third-order valence-electron chi connectivity index (χ3n) is 5.76. The molecule has 1 aromatic carbocycles. The number of aryl methyl sites for hydroxylation is 2. The molecule has 1 aliphatic rings. The minimum atomic E-state index is 0.184. The Kier molecular flexibility index (Phi) is 5.50. The number of carbonyl (C=O) groups excluding carboxylic acids is 1. The summed E-state index contributed by atoms with van der Waals surface area (Å²) >= 11 is 1.63. The second kappa shape index (κ2) is 8.22. The maximum atomic E-state index is 12.7. The van der Waals surface area contributed by atoms with E-state index in [-0.39, 0.29) is 5.91 Å². The standard InChI is InChI=1S/C23H24N4OS/c1-16-6-7-18-13-19(15-24)23(25-22(18)17(16)2)27-9-4-8-26(10-11-27)21(28)14-20-5-3-12-29-20/h3,5-7,12-13H,4,8-11,14H2,1-2H3/p+1. The lowest BCUT2D eigenvalue weighted by Gasteiger charge is -2.20. The molecule has 0 spiro atoms. The van der Waals surface area contributed by atoms with Crippen molar-refractivity contribution in [2.45, 2.75) is 26.7 Å². The van der Waals surface area contributed by atoms with Gasteiger partial charge >= 0.3 is 0 Å². The summed E-state index contributed by atoms with van der Waals surface area (Å²) < 4.78 is 0. The first-order chi connectivity index (χ1) is 14.1. The molecule has 1 fully saturated rings. The van der Waals surface area contributed by atoms with Crippen LogP contribution in [-0.2, 0) is 11.2 Å². The fourth-order valence-corrected chi connectivity index (χ4v) is 4.63. The molecule has 5 nitrogen and oxygen atoms in total. The maximum Gasteiger partial charge on any atom is 0.293 e. The quantitative estimate of drug-likeness (QED) is 0.670. The first-order valence-electron chi connectivity index (χ1n) is 9.98. The number of fused-ring (bicyclic) bond motifs is 1. The maximum absolute atomic E-state index is 12.7. The lowest BCUT2D eigenvalue weighted by Crippen LogP contribution is -2.37. The van der Waals surface area contributed by atoms with Crippen molar-refractivity contribution in [3.8, 4) is 6.07 Å². The van der Waals surface area contributed by atoms with E-state index < -0.39 is 0 Å². The van der Waals surface area contributed by atoms with Crippen LogP contribution >= 0.6 is 11.3 Å². The van der Waals surface area contributed by atoms with Gasteiger partial charge in [-0.25, -0.2) is 4.98 Å². The normalized spacial score (nSPS) is 14.7. The van der Waals surface area contributed by atoms with Crippen molar-refractivity contribution >= 4 is 34.0 Å². The molecule has 4 rings (SSSR count). The average molecular weight is 406 g/mol. The predicted octanol–water partition coefficient (Wildman–Crippen LogP) is 3.49. The summed E-state index contributed by atoms with van der Waals surface area (Å²) in [5.74, 6) is 1.05. The van der Waals surface area contributed by atoms with Gasteiger partial charge in [0.2, 0.25) is 5.91 Å². The summed E-state index contributed by atoms with van der Waals surface area (Å²) in [6, 6.07) is 12.5.